The number of nitrogens with zero attached hydrogens (tertiary/aromatic N) is 4. The lowest BCUT2D eigenvalue weighted by molar-refractivity contribution is 0.174. The summed E-state index contributed by atoms with van der Waals surface area (Å²) in [5.74, 6) is 2.34. The number of aromatic hydroxyl groups is 1. The molecule has 0 radical (unpaired) electrons. The summed E-state index contributed by atoms with van der Waals surface area (Å²) in [6.45, 7) is 0.200. The Morgan fingerprint density at radius 2 is 1.96 bits per heavy atom. The number of imidazole rings is 1. The van der Waals surface area contributed by atoms with Gasteiger partial charge in [0, 0.05) is 12.3 Å². The zero-order valence-corrected chi connectivity index (χ0v) is 13.4. The molecular formula is C18H12N4O4. The summed E-state index contributed by atoms with van der Waals surface area (Å²) in [6.07, 6.45) is 3.31. The van der Waals surface area contributed by atoms with E-state index in [2.05, 4.69) is 15.2 Å². The van der Waals surface area contributed by atoms with E-state index in [9.17, 15) is 5.11 Å². The molecule has 4 heterocycles. The molecule has 0 amide bonds. The zero-order chi connectivity index (χ0) is 17.5. The minimum Gasteiger partial charge on any atom is -0.504 e. The number of hydrogen-bond donors (Lipinski definition) is 1. The molecular weight excluding hydrogens is 336 g/mol. The van der Waals surface area contributed by atoms with Crippen LogP contribution in [0.15, 0.2) is 69.6 Å². The van der Waals surface area contributed by atoms with Crippen molar-refractivity contribution in [2.24, 2.45) is 10.2 Å². The average molecular weight is 348 g/mol. The zero-order valence-electron chi connectivity index (χ0n) is 13.4. The SMILES string of the molecule is Oc1cccn2c(N=Nc3ccc4c(c3)OCO4)c(-c3ccco3)nc12. The third kappa shape index (κ3) is 2.27. The second-order valence-electron chi connectivity index (χ2n) is 5.59. The first-order valence-electron chi connectivity index (χ1n) is 7.85. The molecule has 26 heavy (non-hydrogen) atoms. The molecule has 0 saturated carbocycles. The van der Waals surface area contributed by atoms with E-state index in [1.807, 2.05) is 0 Å². The minimum absolute atomic E-state index is 0.0461. The number of ether oxygens (including phenoxy) is 2. The van der Waals surface area contributed by atoms with Crippen LogP contribution in [0.4, 0.5) is 11.5 Å². The monoisotopic (exact) mass is 348 g/mol. The number of rotatable bonds is 3. The summed E-state index contributed by atoms with van der Waals surface area (Å²) in [4.78, 5) is 4.45. The number of fused-ring (bicyclic) bond motifs is 2. The minimum atomic E-state index is 0.0461. The van der Waals surface area contributed by atoms with Gasteiger partial charge in [0.2, 0.25) is 6.79 Å². The van der Waals surface area contributed by atoms with Crippen molar-refractivity contribution >= 4 is 17.2 Å². The lowest BCUT2D eigenvalue weighted by Crippen LogP contribution is -1.92. The van der Waals surface area contributed by atoms with Gasteiger partial charge in [-0.25, -0.2) is 4.98 Å². The van der Waals surface area contributed by atoms with Crippen molar-refractivity contribution < 1.29 is 19.0 Å². The second-order valence-corrected chi connectivity index (χ2v) is 5.59. The van der Waals surface area contributed by atoms with Gasteiger partial charge in [0.25, 0.3) is 0 Å². The highest BCUT2D eigenvalue weighted by Crippen LogP contribution is 2.37. The lowest BCUT2D eigenvalue weighted by atomic mass is 10.3. The summed E-state index contributed by atoms with van der Waals surface area (Å²) in [6, 6.07) is 12.1. The van der Waals surface area contributed by atoms with Crippen molar-refractivity contribution in [1.29, 1.82) is 0 Å². The first-order chi connectivity index (χ1) is 12.8. The highest BCUT2D eigenvalue weighted by molar-refractivity contribution is 5.73. The van der Waals surface area contributed by atoms with E-state index in [1.54, 1.807) is 59.3 Å². The van der Waals surface area contributed by atoms with Gasteiger partial charge < -0.3 is 19.0 Å². The predicted molar refractivity (Wildman–Crippen MR) is 91.3 cm³/mol. The molecule has 1 aliphatic rings. The largest absolute Gasteiger partial charge is 0.504 e. The van der Waals surface area contributed by atoms with Gasteiger partial charge in [-0.1, -0.05) is 0 Å². The molecule has 1 aliphatic heterocycles. The highest BCUT2D eigenvalue weighted by atomic mass is 16.7. The van der Waals surface area contributed by atoms with Crippen molar-refractivity contribution in [2.75, 3.05) is 6.79 Å². The van der Waals surface area contributed by atoms with Crippen LogP contribution in [-0.2, 0) is 0 Å². The standard InChI is InChI=1S/C18H12N4O4/c23-12-3-1-7-22-17(12)19-16(14-4-2-8-24-14)18(22)21-20-11-5-6-13-15(9-11)26-10-25-13/h1-9,23H,10H2. The molecule has 0 unspecified atom stereocenters. The van der Waals surface area contributed by atoms with E-state index in [4.69, 9.17) is 13.9 Å². The Morgan fingerprint density at radius 1 is 1.04 bits per heavy atom. The fraction of sp³-hybridized carbons (Fsp3) is 0.0556. The highest BCUT2D eigenvalue weighted by Gasteiger charge is 2.18. The van der Waals surface area contributed by atoms with E-state index < -0.39 is 0 Å². The Labute approximate surface area is 147 Å². The van der Waals surface area contributed by atoms with Crippen LogP contribution in [0.25, 0.3) is 17.1 Å². The van der Waals surface area contributed by atoms with E-state index in [0.717, 1.165) is 0 Å². The van der Waals surface area contributed by atoms with E-state index in [0.29, 0.717) is 40.1 Å². The molecule has 0 saturated heterocycles. The normalized spacial score (nSPS) is 13.1. The van der Waals surface area contributed by atoms with Gasteiger partial charge in [0.1, 0.15) is 0 Å². The third-order valence-corrected chi connectivity index (χ3v) is 3.98. The second kappa shape index (κ2) is 5.62. The van der Waals surface area contributed by atoms with Crippen molar-refractivity contribution in [2.45, 2.75) is 0 Å². The smallest absolute Gasteiger partial charge is 0.231 e. The fourth-order valence-electron chi connectivity index (χ4n) is 2.77. The molecule has 0 aliphatic carbocycles. The maximum Gasteiger partial charge on any atom is 0.231 e. The Bertz CT molecular complexity index is 1130. The number of hydrogen-bond acceptors (Lipinski definition) is 7. The van der Waals surface area contributed by atoms with Crippen molar-refractivity contribution in [3.8, 4) is 28.7 Å². The molecule has 0 spiro atoms. The van der Waals surface area contributed by atoms with Gasteiger partial charge in [-0.05, 0) is 36.4 Å². The predicted octanol–water partition coefficient (Wildman–Crippen LogP) is 4.44. The average Bonchev–Trinajstić information content (AvgIpc) is 3.39. The first kappa shape index (κ1) is 14.5. The summed E-state index contributed by atoms with van der Waals surface area (Å²) in [5.41, 5.74) is 1.47. The molecule has 128 valence electrons. The molecule has 5 rings (SSSR count). The molecule has 0 atom stereocenters. The van der Waals surface area contributed by atoms with Crippen LogP contribution < -0.4 is 9.47 Å². The van der Waals surface area contributed by atoms with Gasteiger partial charge in [-0.3, -0.25) is 4.40 Å². The Kier molecular flexibility index (Phi) is 3.14. The van der Waals surface area contributed by atoms with E-state index in [1.165, 1.54) is 0 Å². The maximum absolute atomic E-state index is 10.1. The Morgan fingerprint density at radius 3 is 2.85 bits per heavy atom. The summed E-state index contributed by atoms with van der Waals surface area (Å²) in [5, 5.41) is 18.7. The molecule has 1 N–H and O–H groups in total. The van der Waals surface area contributed by atoms with Crippen LogP contribution in [0.1, 0.15) is 0 Å². The van der Waals surface area contributed by atoms with Crippen molar-refractivity contribution in [3.05, 3.63) is 54.9 Å². The van der Waals surface area contributed by atoms with Crippen molar-refractivity contribution in [1.82, 2.24) is 9.38 Å². The van der Waals surface area contributed by atoms with Crippen LogP contribution in [0.2, 0.25) is 0 Å². The molecule has 8 heteroatoms. The Balaban J connectivity index is 1.63. The molecule has 0 bridgehead atoms. The van der Waals surface area contributed by atoms with Crippen molar-refractivity contribution in [3.63, 3.8) is 0 Å². The van der Waals surface area contributed by atoms with E-state index in [-0.39, 0.29) is 12.5 Å². The molecule has 1 aromatic carbocycles. The third-order valence-electron chi connectivity index (χ3n) is 3.98. The van der Waals surface area contributed by atoms with E-state index >= 15 is 0 Å². The quantitative estimate of drug-likeness (QED) is 0.552. The van der Waals surface area contributed by atoms with Crippen LogP contribution in [-0.4, -0.2) is 21.3 Å². The number of furan rings is 1. The Hall–Kier alpha value is -3.81. The van der Waals surface area contributed by atoms with Crippen LogP contribution in [0, 0.1) is 0 Å². The molecule has 8 nitrogen and oxygen atoms in total. The topological polar surface area (TPSA) is 93.9 Å². The van der Waals surface area contributed by atoms with Crippen LogP contribution >= 0.6 is 0 Å². The van der Waals surface area contributed by atoms with Crippen LogP contribution in [0.3, 0.4) is 0 Å². The first-order valence-corrected chi connectivity index (χ1v) is 7.85. The molecule has 3 aromatic heterocycles. The number of benzene rings is 1. The number of azo groups is 1. The van der Waals surface area contributed by atoms with Crippen LogP contribution in [0.5, 0.6) is 17.2 Å². The number of aromatic nitrogens is 2. The molecule has 0 fully saturated rings. The molecule has 4 aromatic rings. The fourth-order valence-corrected chi connectivity index (χ4v) is 2.77. The lowest BCUT2D eigenvalue weighted by Gasteiger charge is -1.99. The van der Waals surface area contributed by atoms with Gasteiger partial charge >= 0.3 is 0 Å². The summed E-state index contributed by atoms with van der Waals surface area (Å²) >= 11 is 0. The maximum atomic E-state index is 10.1. The number of pyridine rings is 1. The van der Waals surface area contributed by atoms with Gasteiger partial charge in [-0.2, -0.15) is 0 Å². The van der Waals surface area contributed by atoms with Gasteiger partial charge in [0.15, 0.2) is 40.2 Å². The van der Waals surface area contributed by atoms with Gasteiger partial charge in [-0.15, -0.1) is 10.2 Å². The summed E-state index contributed by atoms with van der Waals surface area (Å²) < 4.78 is 17.8. The van der Waals surface area contributed by atoms with Gasteiger partial charge in [0.05, 0.1) is 12.0 Å². The summed E-state index contributed by atoms with van der Waals surface area (Å²) in [7, 11) is 0.